The predicted molar refractivity (Wildman–Crippen MR) is 86.8 cm³/mol. The monoisotopic (exact) mass is 391 g/mol. The maximum atomic E-state index is 13.2. The molecule has 2 rings (SSSR count). The van der Waals surface area contributed by atoms with E-state index < -0.39 is 36.7 Å². The third-order valence-corrected chi connectivity index (χ3v) is 3.70. The number of halogens is 5. The molecule has 0 fully saturated rings. The second-order valence-electron chi connectivity index (χ2n) is 6.16. The van der Waals surface area contributed by atoms with Gasteiger partial charge < -0.3 is 11.1 Å². The van der Waals surface area contributed by atoms with Crippen LogP contribution >= 0.6 is 0 Å². The number of hydrogen-bond donors (Lipinski definition) is 2. The lowest BCUT2D eigenvalue weighted by atomic mass is 10.1. The van der Waals surface area contributed by atoms with Crippen molar-refractivity contribution in [2.45, 2.75) is 31.9 Å². The molecule has 0 aromatic carbocycles. The summed E-state index contributed by atoms with van der Waals surface area (Å²) in [6, 6.07) is 1.96. The van der Waals surface area contributed by atoms with E-state index in [1.165, 1.54) is 4.68 Å². The topological polar surface area (TPSA) is 85.8 Å². The summed E-state index contributed by atoms with van der Waals surface area (Å²) in [5.41, 5.74) is 4.36. The van der Waals surface area contributed by atoms with Crippen molar-refractivity contribution in [1.29, 1.82) is 0 Å². The molecule has 11 heteroatoms. The SMILES string of the molecule is CC(C)c1c(C(=O)NCC(F)(F)CN)cnn1-c1ccc(C(F)(F)F)cn1. The summed E-state index contributed by atoms with van der Waals surface area (Å²) in [5, 5.41) is 6.07. The Morgan fingerprint density at radius 3 is 2.37 bits per heavy atom. The fourth-order valence-electron chi connectivity index (χ4n) is 2.33. The lowest BCUT2D eigenvalue weighted by molar-refractivity contribution is -0.137. The first-order valence-corrected chi connectivity index (χ1v) is 7.94. The first-order chi connectivity index (χ1) is 12.5. The van der Waals surface area contributed by atoms with E-state index in [0.29, 0.717) is 11.9 Å². The van der Waals surface area contributed by atoms with Gasteiger partial charge >= 0.3 is 6.18 Å². The number of pyridine rings is 1. The molecule has 2 aromatic heterocycles. The first-order valence-electron chi connectivity index (χ1n) is 7.94. The molecule has 0 aliphatic heterocycles. The average Bonchev–Trinajstić information content (AvgIpc) is 3.04. The second kappa shape index (κ2) is 7.59. The summed E-state index contributed by atoms with van der Waals surface area (Å²) in [6.07, 6.45) is -2.72. The van der Waals surface area contributed by atoms with Gasteiger partial charge in [0.25, 0.3) is 11.8 Å². The fourth-order valence-corrected chi connectivity index (χ4v) is 2.33. The molecule has 0 atom stereocenters. The molecule has 148 valence electrons. The highest BCUT2D eigenvalue weighted by molar-refractivity contribution is 5.95. The van der Waals surface area contributed by atoms with Crippen LogP contribution in [0.4, 0.5) is 22.0 Å². The van der Waals surface area contributed by atoms with E-state index >= 15 is 0 Å². The summed E-state index contributed by atoms with van der Waals surface area (Å²) < 4.78 is 65.7. The first kappa shape index (κ1) is 20.7. The van der Waals surface area contributed by atoms with Gasteiger partial charge in [0.2, 0.25) is 0 Å². The molecule has 0 saturated heterocycles. The molecule has 0 aliphatic carbocycles. The van der Waals surface area contributed by atoms with Crippen molar-refractivity contribution in [2.24, 2.45) is 5.73 Å². The van der Waals surface area contributed by atoms with E-state index in [1.54, 1.807) is 13.8 Å². The highest BCUT2D eigenvalue weighted by Crippen LogP contribution is 2.29. The Morgan fingerprint density at radius 2 is 1.89 bits per heavy atom. The lowest BCUT2D eigenvalue weighted by Gasteiger charge is -2.16. The molecule has 27 heavy (non-hydrogen) atoms. The molecule has 0 unspecified atom stereocenters. The standard InChI is InChI=1S/C16H18F5N5O/c1-9(2)13-11(14(27)24-8-15(17,18)7-22)6-25-26(13)12-4-3-10(5-23-12)16(19,20)21/h3-6,9H,7-8,22H2,1-2H3,(H,24,27). The predicted octanol–water partition coefficient (Wildman–Crippen LogP) is 2.73. The van der Waals surface area contributed by atoms with Crippen molar-refractivity contribution < 1.29 is 26.7 Å². The number of nitrogens with one attached hydrogen (secondary N) is 1. The Morgan fingerprint density at radius 1 is 1.22 bits per heavy atom. The molecule has 6 nitrogen and oxygen atoms in total. The molecular formula is C16H18F5N5O. The summed E-state index contributed by atoms with van der Waals surface area (Å²) in [7, 11) is 0. The number of carbonyl (C=O) groups is 1. The Labute approximate surface area is 151 Å². The zero-order valence-corrected chi connectivity index (χ0v) is 14.5. The van der Waals surface area contributed by atoms with E-state index in [0.717, 1.165) is 18.3 Å². The largest absolute Gasteiger partial charge is 0.417 e. The third-order valence-electron chi connectivity index (χ3n) is 3.70. The third kappa shape index (κ3) is 4.79. The molecule has 0 aliphatic rings. The summed E-state index contributed by atoms with van der Waals surface area (Å²) in [6.45, 7) is 1.59. The van der Waals surface area contributed by atoms with Crippen LogP contribution in [0.5, 0.6) is 0 Å². The van der Waals surface area contributed by atoms with Crippen LogP contribution in [0.2, 0.25) is 0 Å². The van der Waals surface area contributed by atoms with Crippen molar-refractivity contribution >= 4 is 5.91 Å². The summed E-state index contributed by atoms with van der Waals surface area (Å²) in [4.78, 5) is 16.0. The van der Waals surface area contributed by atoms with Gasteiger partial charge in [-0.05, 0) is 18.1 Å². The van der Waals surface area contributed by atoms with Crippen LogP contribution in [-0.2, 0) is 6.18 Å². The molecule has 2 aromatic rings. The van der Waals surface area contributed by atoms with E-state index in [4.69, 9.17) is 5.73 Å². The molecular weight excluding hydrogens is 373 g/mol. The van der Waals surface area contributed by atoms with E-state index in [-0.39, 0.29) is 17.3 Å². The Balaban J connectivity index is 2.33. The molecule has 0 radical (unpaired) electrons. The molecule has 2 heterocycles. The number of amides is 1. The number of aromatic nitrogens is 3. The molecule has 0 bridgehead atoms. The second-order valence-corrected chi connectivity index (χ2v) is 6.16. The highest BCUT2D eigenvalue weighted by Gasteiger charge is 2.31. The van der Waals surface area contributed by atoms with Crippen LogP contribution in [0.3, 0.4) is 0 Å². The normalized spacial score (nSPS) is 12.5. The number of rotatable bonds is 6. The van der Waals surface area contributed by atoms with Gasteiger partial charge in [0.15, 0.2) is 5.82 Å². The molecule has 1 amide bonds. The van der Waals surface area contributed by atoms with Gasteiger partial charge in [0, 0.05) is 6.20 Å². The maximum Gasteiger partial charge on any atom is 0.417 e. The molecule has 3 N–H and O–H groups in total. The maximum absolute atomic E-state index is 13.2. The zero-order chi connectivity index (χ0) is 20.4. The summed E-state index contributed by atoms with van der Waals surface area (Å²) in [5.74, 6) is -4.26. The Hall–Kier alpha value is -2.56. The van der Waals surface area contributed by atoms with Gasteiger partial charge in [-0.2, -0.15) is 18.3 Å². The Bertz CT molecular complexity index is 799. The minimum absolute atomic E-state index is 0.0273. The average molecular weight is 391 g/mol. The highest BCUT2D eigenvalue weighted by atomic mass is 19.4. The number of nitrogens with zero attached hydrogens (tertiary/aromatic N) is 3. The van der Waals surface area contributed by atoms with Crippen LogP contribution in [0.15, 0.2) is 24.5 Å². The van der Waals surface area contributed by atoms with Crippen molar-refractivity contribution in [1.82, 2.24) is 20.1 Å². The number of carbonyl (C=O) groups excluding carboxylic acids is 1. The zero-order valence-electron chi connectivity index (χ0n) is 14.5. The minimum Gasteiger partial charge on any atom is -0.346 e. The Kier molecular flexibility index (Phi) is 5.83. The van der Waals surface area contributed by atoms with E-state index in [1.807, 2.05) is 0 Å². The van der Waals surface area contributed by atoms with Crippen LogP contribution in [0.25, 0.3) is 5.82 Å². The van der Waals surface area contributed by atoms with Crippen molar-refractivity contribution in [3.63, 3.8) is 0 Å². The van der Waals surface area contributed by atoms with E-state index in [9.17, 15) is 26.7 Å². The fraction of sp³-hybridized carbons (Fsp3) is 0.438. The van der Waals surface area contributed by atoms with Crippen LogP contribution in [0, 0.1) is 0 Å². The summed E-state index contributed by atoms with van der Waals surface area (Å²) >= 11 is 0. The van der Waals surface area contributed by atoms with Crippen molar-refractivity contribution in [3.05, 3.63) is 41.3 Å². The van der Waals surface area contributed by atoms with Gasteiger partial charge in [0.05, 0.1) is 36.1 Å². The van der Waals surface area contributed by atoms with Crippen molar-refractivity contribution in [2.75, 3.05) is 13.1 Å². The quantitative estimate of drug-likeness (QED) is 0.742. The van der Waals surface area contributed by atoms with Crippen molar-refractivity contribution in [3.8, 4) is 5.82 Å². The van der Waals surface area contributed by atoms with Gasteiger partial charge in [-0.25, -0.2) is 18.4 Å². The number of hydrogen-bond acceptors (Lipinski definition) is 4. The number of alkyl halides is 5. The molecule has 0 saturated carbocycles. The molecule has 0 spiro atoms. The number of nitrogens with two attached hydrogens (primary N) is 1. The van der Waals surface area contributed by atoms with Crippen LogP contribution < -0.4 is 11.1 Å². The van der Waals surface area contributed by atoms with Gasteiger partial charge in [-0.1, -0.05) is 13.8 Å². The smallest absolute Gasteiger partial charge is 0.346 e. The van der Waals surface area contributed by atoms with Gasteiger partial charge in [0.1, 0.15) is 0 Å². The van der Waals surface area contributed by atoms with Gasteiger partial charge in [-0.3, -0.25) is 4.79 Å². The van der Waals surface area contributed by atoms with Crippen LogP contribution in [-0.4, -0.2) is 39.7 Å². The van der Waals surface area contributed by atoms with Crippen LogP contribution in [0.1, 0.15) is 41.4 Å². The van der Waals surface area contributed by atoms with E-state index in [2.05, 4.69) is 15.4 Å². The lowest BCUT2D eigenvalue weighted by Crippen LogP contribution is -2.41. The van der Waals surface area contributed by atoms with Gasteiger partial charge in [-0.15, -0.1) is 0 Å². The minimum atomic E-state index is -4.53.